The molecule has 0 bridgehead atoms. The number of rotatable bonds is 4. The Balaban J connectivity index is 1.52. The third-order valence-electron chi connectivity index (χ3n) is 4.46. The molecule has 0 radical (unpaired) electrons. The molecule has 1 aliphatic rings. The first-order valence-corrected chi connectivity index (χ1v) is 7.99. The van der Waals surface area contributed by atoms with Gasteiger partial charge in [0.25, 0.3) is 0 Å². The van der Waals surface area contributed by atoms with E-state index in [0.29, 0.717) is 18.1 Å². The molecule has 0 amide bonds. The molecular weight excluding hydrogens is 295 g/mol. The van der Waals surface area contributed by atoms with Gasteiger partial charge in [0, 0.05) is 25.1 Å². The van der Waals surface area contributed by atoms with Crippen LogP contribution in [0.2, 0.25) is 0 Å². The minimum atomic E-state index is -0.247. The maximum absolute atomic E-state index is 13.4. The fourth-order valence-electron chi connectivity index (χ4n) is 3.28. The molecule has 0 fully saturated rings. The lowest BCUT2D eigenvalue weighted by atomic mass is 10.1. The van der Waals surface area contributed by atoms with E-state index in [1.807, 2.05) is 4.68 Å². The molecule has 0 aliphatic carbocycles. The summed E-state index contributed by atoms with van der Waals surface area (Å²) in [5.41, 5.74) is 1.69. The molecule has 1 aliphatic heterocycles. The highest BCUT2D eigenvalue weighted by atomic mass is 19.1. The third-order valence-corrected chi connectivity index (χ3v) is 4.46. The van der Waals surface area contributed by atoms with Crippen molar-refractivity contribution in [2.75, 3.05) is 0 Å². The van der Waals surface area contributed by atoms with Crippen LogP contribution >= 0.6 is 0 Å². The van der Waals surface area contributed by atoms with Crippen LogP contribution in [0.3, 0.4) is 0 Å². The maximum Gasteiger partial charge on any atom is 0.138 e. The van der Waals surface area contributed by atoms with Gasteiger partial charge in [-0.15, -0.1) is 0 Å². The van der Waals surface area contributed by atoms with Crippen molar-refractivity contribution in [3.05, 3.63) is 42.0 Å². The first-order chi connectivity index (χ1) is 11.2. The summed E-state index contributed by atoms with van der Waals surface area (Å²) in [6.45, 7) is 4.39. The number of benzene rings is 1. The van der Waals surface area contributed by atoms with Crippen LogP contribution in [0.4, 0.5) is 4.39 Å². The highest BCUT2D eigenvalue weighted by Crippen LogP contribution is 2.18. The first-order valence-electron chi connectivity index (χ1n) is 7.99. The van der Waals surface area contributed by atoms with Gasteiger partial charge in [-0.05, 0) is 25.5 Å². The first kappa shape index (κ1) is 14.3. The van der Waals surface area contributed by atoms with E-state index in [4.69, 9.17) is 0 Å². The Hall–Kier alpha value is -2.28. The summed E-state index contributed by atoms with van der Waals surface area (Å²) in [4.78, 5) is 8.83. The van der Waals surface area contributed by atoms with Crippen molar-refractivity contribution >= 4 is 11.0 Å². The average Bonchev–Trinajstić information content (AvgIpc) is 3.15. The summed E-state index contributed by atoms with van der Waals surface area (Å²) in [6, 6.07) is 5.13. The van der Waals surface area contributed by atoms with Crippen molar-refractivity contribution in [2.45, 2.75) is 45.4 Å². The van der Waals surface area contributed by atoms with Gasteiger partial charge in [-0.3, -0.25) is 0 Å². The zero-order valence-electron chi connectivity index (χ0n) is 13.0. The topological polar surface area (TPSA) is 60.6 Å². The lowest BCUT2D eigenvalue weighted by Crippen LogP contribution is -2.38. The molecule has 1 aromatic carbocycles. The Morgan fingerprint density at radius 1 is 1.39 bits per heavy atom. The van der Waals surface area contributed by atoms with Gasteiger partial charge in [0.15, 0.2) is 0 Å². The summed E-state index contributed by atoms with van der Waals surface area (Å²) in [6.07, 6.45) is 3.59. The van der Waals surface area contributed by atoms with Crippen LogP contribution in [0.5, 0.6) is 0 Å². The molecule has 1 unspecified atom stereocenters. The van der Waals surface area contributed by atoms with Crippen molar-refractivity contribution in [2.24, 2.45) is 0 Å². The van der Waals surface area contributed by atoms with Crippen LogP contribution in [0.15, 0.2) is 24.5 Å². The smallest absolute Gasteiger partial charge is 0.138 e. The number of nitrogens with zero attached hydrogens (tertiary/aromatic N) is 5. The molecule has 1 N–H and O–H groups in total. The molecule has 0 saturated heterocycles. The number of aromatic nitrogens is 5. The van der Waals surface area contributed by atoms with E-state index in [0.717, 1.165) is 43.1 Å². The molecule has 23 heavy (non-hydrogen) atoms. The van der Waals surface area contributed by atoms with Crippen LogP contribution in [0, 0.1) is 5.82 Å². The van der Waals surface area contributed by atoms with Gasteiger partial charge in [0.1, 0.15) is 23.8 Å². The van der Waals surface area contributed by atoms with Gasteiger partial charge in [-0.1, -0.05) is 0 Å². The van der Waals surface area contributed by atoms with Crippen LogP contribution in [0.1, 0.15) is 25.0 Å². The molecule has 0 saturated carbocycles. The van der Waals surface area contributed by atoms with E-state index in [2.05, 4.69) is 31.9 Å². The van der Waals surface area contributed by atoms with Crippen molar-refractivity contribution in [3.63, 3.8) is 0 Å². The molecule has 7 heteroatoms. The second kappa shape index (κ2) is 5.73. The maximum atomic E-state index is 13.4. The average molecular weight is 314 g/mol. The van der Waals surface area contributed by atoms with E-state index in [-0.39, 0.29) is 5.82 Å². The standard InChI is InChI=1S/C16H19FN6/c1-2-22-14-5-3-11(17)7-13(14)21-16(22)8-18-12-4-6-15-19-10-20-23(15)9-12/h3,5,7,10,12,18H,2,4,6,8-9H2,1H3. The van der Waals surface area contributed by atoms with Gasteiger partial charge in [0.05, 0.1) is 24.1 Å². The molecule has 120 valence electrons. The van der Waals surface area contributed by atoms with E-state index in [1.54, 1.807) is 12.4 Å². The zero-order chi connectivity index (χ0) is 15.8. The van der Waals surface area contributed by atoms with E-state index >= 15 is 0 Å². The van der Waals surface area contributed by atoms with Crippen molar-refractivity contribution in [1.82, 2.24) is 29.6 Å². The largest absolute Gasteiger partial charge is 0.327 e. The molecule has 4 rings (SSSR count). The van der Waals surface area contributed by atoms with Gasteiger partial charge >= 0.3 is 0 Å². The minimum Gasteiger partial charge on any atom is -0.327 e. The number of imidazole rings is 1. The number of nitrogens with one attached hydrogen (secondary N) is 1. The predicted molar refractivity (Wildman–Crippen MR) is 84.3 cm³/mol. The second-order valence-electron chi connectivity index (χ2n) is 5.88. The zero-order valence-corrected chi connectivity index (χ0v) is 13.0. The van der Waals surface area contributed by atoms with Gasteiger partial charge in [-0.2, -0.15) is 5.10 Å². The lowest BCUT2D eigenvalue weighted by Gasteiger charge is -2.23. The number of halogens is 1. The highest BCUT2D eigenvalue weighted by Gasteiger charge is 2.20. The highest BCUT2D eigenvalue weighted by molar-refractivity contribution is 5.76. The summed E-state index contributed by atoms with van der Waals surface area (Å²) in [7, 11) is 0. The van der Waals surface area contributed by atoms with Crippen LogP contribution in [-0.4, -0.2) is 30.4 Å². The Labute approximate surface area is 133 Å². The van der Waals surface area contributed by atoms with Crippen LogP contribution < -0.4 is 5.32 Å². The Kier molecular flexibility index (Phi) is 3.57. The van der Waals surface area contributed by atoms with Gasteiger partial charge in [0.2, 0.25) is 0 Å². The molecule has 0 spiro atoms. The van der Waals surface area contributed by atoms with Crippen molar-refractivity contribution < 1.29 is 4.39 Å². The quantitative estimate of drug-likeness (QED) is 0.799. The Morgan fingerprint density at radius 3 is 3.17 bits per heavy atom. The Morgan fingerprint density at radius 2 is 2.30 bits per heavy atom. The normalized spacial score (nSPS) is 17.6. The number of hydrogen-bond donors (Lipinski definition) is 1. The number of fused-ring (bicyclic) bond motifs is 2. The van der Waals surface area contributed by atoms with Crippen LogP contribution in [0.25, 0.3) is 11.0 Å². The van der Waals surface area contributed by atoms with E-state index in [9.17, 15) is 4.39 Å². The van der Waals surface area contributed by atoms with E-state index < -0.39 is 0 Å². The fourth-order valence-corrected chi connectivity index (χ4v) is 3.28. The predicted octanol–water partition coefficient (Wildman–Crippen LogP) is 1.89. The molecule has 3 aromatic rings. The summed E-state index contributed by atoms with van der Waals surface area (Å²) >= 11 is 0. The summed E-state index contributed by atoms with van der Waals surface area (Å²) in [5.74, 6) is 1.75. The molecule has 1 atom stereocenters. The SMILES string of the molecule is CCn1c(CNC2CCc3ncnn3C2)nc2cc(F)ccc21. The third kappa shape index (κ3) is 2.61. The summed E-state index contributed by atoms with van der Waals surface area (Å²) < 4.78 is 17.5. The van der Waals surface area contributed by atoms with Crippen molar-refractivity contribution in [1.29, 1.82) is 0 Å². The van der Waals surface area contributed by atoms with Gasteiger partial charge < -0.3 is 9.88 Å². The van der Waals surface area contributed by atoms with E-state index in [1.165, 1.54) is 12.1 Å². The lowest BCUT2D eigenvalue weighted by molar-refractivity contribution is 0.353. The second-order valence-corrected chi connectivity index (χ2v) is 5.88. The Bertz CT molecular complexity index is 836. The molecular formula is C16H19FN6. The van der Waals surface area contributed by atoms with Gasteiger partial charge in [-0.25, -0.2) is 19.0 Å². The number of aryl methyl sites for hydroxylation is 2. The molecule has 2 aromatic heterocycles. The van der Waals surface area contributed by atoms with Crippen LogP contribution in [-0.2, 0) is 26.1 Å². The molecule has 6 nitrogen and oxygen atoms in total. The van der Waals surface area contributed by atoms with Crippen molar-refractivity contribution in [3.8, 4) is 0 Å². The summed E-state index contributed by atoms with van der Waals surface area (Å²) in [5, 5.41) is 7.80. The fraction of sp³-hybridized carbons (Fsp3) is 0.438. The number of hydrogen-bond acceptors (Lipinski definition) is 4. The monoisotopic (exact) mass is 314 g/mol. The molecule has 3 heterocycles. The minimum absolute atomic E-state index is 0.247.